The Morgan fingerprint density at radius 3 is 2.05 bits per heavy atom. The van der Waals surface area contributed by atoms with Crippen LogP contribution in [0.5, 0.6) is 0 Å². The van der Waals surface area contributed by atoms with Crippen LogP contribution in [0.4, 0.5) is 0 Å². The van der Waals surface area contributed by atoms with E-state index >= 15 is 0 Å². The van der Waals surface area contributed by atoms with Crippen molar-refractivity contribution in [2.45, 2.75) is 6.42 Å². The van der Waals surface area contributed by atoms with Gasteiger partial charge in [-0.25, -0.2) is 0 Å². The highest BCUT2D eigenvalue weighted by Gasteiger charge is 2.37. The van der Waals surface area contributed by atoms with Gasteiger partial charge < -0.3 is 10.5 Å². The van der Waals surface area contributed by atoms with E-state index in [2.05, 4.69) is 48.5 Å². The van der Waals surface area contributed by atoms with Crippen LogP contribution in [0.25, 0.3) is 11.1 Å². The van der Waals surface area contributed by atoms with Gasteiger partial charge in [0.05, 0.1) is 13.2 Å². The highest BCUT2D eigenvalue weighted by molar-refractivity contribution is 5.63. The van der Waals surface area contributed by atoms with Crippen molar-refractivity contribution >= 4 is 0 Å². The standard InChI is InChI=1S/C17H19NO/c18-11-17(12-19-13-17)10-14-6-8-16(9-7-14)15-4-2-1-3-5-15/h1-9H,10-13,18H2. The Morgan fingerprint density at radius 2 is 1.53 bits per heavy atom. The lowest BCUT2D eigenvalue weighted by Gasteiger charge is -2.40. The Bertz CT molecular complexity index is 523. The molecule has 0 spiro atoms. The summed E-state index contributed by atoms with van der Waals surface area (Å²) in [6.07, 6.45) is 1.01. The van der Waals surface area contributed by atoms with Crippen LogP contribution in [0.2, 0.25) is 0 Å². The number of rotatable bonds is 4. The number of hydrogen-bond donors (Lipinski definition) is 1. The molecular formula is C17H19NO. The molecule has 1 aliphatic rings. The lowest BCUT2D eigenvalue weighted by molar-refractivity contribution is -0.106. The van der Waals surface area contributed by atoms with Crippen LogP contribution in [-0.4, -0.2) is 19.8 Å². The smallest absolute Gasteiger partial charge is 0.0560 e. The fraction of sp³-hybridized carbons (Fsp3) is 0.294. The Hall–Kier alpha value is -1.64. The van der Waals surface area contributed by atoms with Crippen LogP contribution in [0, 0.1) is 5.41 Å². The molecule has 2 nitrogen and oxygen atoms in total. The molecular weight excluding hydrogens is 234 g/mol. The molecule has 0 bridgehead atoms. The summed E-state index contributed by atoms with van der Waals surface area (Å²) < 4.78 is 5.31. The third-order valence-electron chi connectivity index (χ3n) is 3.89. The van der Waals surface area contributed by atoms with Crippen molar-refractivity contribution in [2.75, 3.05) is 19.8 Å². The fourth-order valence-electron chi connectivity index (χ4n) is 2.56. The topological polar surface area (TPSA) is 35.2 Å². The summed E-state index contributed by atoms with van der Waals surface area (Å²) in [6.45, 7) is 2.29. The molecule has 1 heterocycles. The van der Waals surface area contributed by atoms with Crippen LogP contribution < -0.4 is 5.73 Å². The maximum atomic E-state index is 5.86. The average molecular weight is 253 g/mol. The molecule has 1 fully saturated rings. The van der Waals surface area contributed by atoms with Crippen LogP contribution in [-0.2, 0) is 11.2 Å². The molecule has 0 unspecified atom stereocenters. The molecule has 2 aromatic carbocycles. The van der Waals surface area contributed by atoms with Crippen molar-refractivity contribution in [3.8, 4) is 11.1 Å². The Labute approximate surface area is 114 Å². The predicted octanol–water partition coefficient (Wildman–Crippen LogP) is 2.87. The third-order valence-corrected chi connectivity index (χ3v) is 3.89. The van der Waals surface area contributed by atoms with Gasteiger partial charge in [0, 0.05) is 12.0 Å². The number of hydrogen-bond acceptors (Lipinski definition) is 2. The maximum Gasteiger partial charge on any atom is 0.0560 e. The molecule has 0 amide bonds. The van der Waals surface area contributed by atoms with Gasteiger partial charge in [-0.3, -0.25) is 0 Å². The van der Waals surface area contributed by atoms with Gasteiger partial charge in [-0.1, -0.05) is 54.6 Å². The van der Waals surface area contributed by atoms with Crippen molar-refractivity contribution in [1.29, 1.82) is 0 Å². The summed E-state index contributed by atoms with van der Waals surface area (Å²) in [6, 6.07) is 19.2. The first-order chi connectivity index (χ1) is 9.31. The molecule has 0 atom stereocenters. The minimum absolute atomic E-state index is 0.175. The zero-order chi connectivity index (χ0) is 13.1. The lowest BCUT2D eigenvalue weighted by atomic mass is 9.80. The van der Waals surface area contributed by atoms with E-state index in [0.29, 0.717) is 6.54 Å². The van der Waals surface area contributed by atoms with Crippen LogP contribution >= 0.6 is 0 Å². The number of nitrogens with two attached hydrogens (primary N) is 1. The van der Waals surface area contributed by atoms with E-state index in [1.54, 1.807) is 0 Å². The van der Waals surface area contributed by atoms with E-state index in [1.807, 2.05) is 6.07 Å². The molecule has 3 rings (SSSR count). The van der Waals surface area contributed by atoms with Gasteiger partial charge in [0.25, 0.3) is 0 Å². The molecule has 1 aliphatic heterocycles. The third kappa shape index (κ3) is 2.55. The molecule has 98 valence electrons. The van der Waals surface area contributed by atoms with Gasteiger partial charge in [-0.05, 0) is 23.1 Å². The second kappa shape index (κ2) is 5.16. The van der Waals surface area contributed by atoms with Gasteiger partial charge in [-0.15, -0.1) is 0 Å². The van der Waals surface area contributed by atoms with Crippen LogP contribution in [0.1, 0.15) is 5.56 Å². The van der Waals surface area contributed by atoms with Crippen molar-refractivity contribution in [2.24, 2.45) is 11.1 Å². The zero-order valence-corrected chi connectivity index (χ0v) is 11.0. The van der Waals surface area contributed by atoms with Crippen LogP contribution in [0.15, 0.2) is 54.6 Å². The Balaban J connectivity index is 1.76. The number of benzene rings is 2. The average Bonchev–Trinajstić information content (AvgIpc) is 2.45. The Kier molecular flexibility index (Phi) is 3.36. The molecule has 19 heavy (non-hydrogen) atoms. The fourth-order valence-corrected chi connectivity index (χ4v) is 2.56. The van der Waals surface area contributed by atoms with E-state index in [1.165, 1.54) is 16.7 Å². The Morgan fingerprint density at radius 1 is 0.895 bits per heavy atom. The summed E-state index contributed by atoms with van der Waals surface area (Å²) >= 11 is 0. The van der Waals surface area contributed by atoms with Gasteiger partial charge in [0.15, 0.2) is 0 Å². The summed E-state index contributed by atoms with van der Waals surface area (Å²) in [5.74, 6) is 0. The molecule has 2 heteroatoms. The van der Waals surface area contributed by atoms with E-state index < -0.39 is 0 Å². The molecule has 1 saturated heterocycles. The SMILES string of the molecule is NCC1(Cc2ccc(-c3ccccc3)cc2)COC1. The van der Waals surface area contributed by atoms with Gasteiger partial charge >= 0.3 is 0 Å². The molecule has 2 aromatic rings. The number of ether oxygens (including phenoxy) is 1. The molecule has 0 aromatic heterocycles. The van der Waals surface area contributed by atoms with Gasteiger partial charge in [0.1, 0.15) is 0 Å². The predicted molar refractivity (Wildman–Crippen MR) is 77.9 cm³/mol. The molecule has 0 aliphatic carbocycles. The molecule has 0 saturated carbocycles. The zero-order valence-electron chi connectivity index (χ0n) is 11.0. The second-order valence-corrected chi connectivity index (χ2v) is 5.44. The first-order valence-electron chi connectivity index (χ1n) is 6.74. The maximum absolute atomic E-state index is 5.86. The van der Waals surface area contributed by atoms with Gasteiger partial charge in [0.2, 0.25) is 0 Å². The quantitative estimate of drug-likeness (QED) is 0.909. The summed E-state index contributed by atoms with van der Waals surface area (Å²) in [4.78, 5) is 0. The van der Waals surface area contributed by atoms with Crippen molar-refractivity contribution < 1.29 is 4.74 Å². The summed E-state index contributed by atoms with van der Waals surface area (Å²) in [5.41, 5.74) is 9.89. The summed E-state index contributed by atoms with van der Waals surface area (Å²) in [5, 5.41) is 0. The highest BCUT2D eigenvalue weighted by Crippen LogP contribution is 2.31. The molecule has 0 radical (unpaired) electrons. The van der Waals surface area contributed by atoms with Gasteiger partial charge in [-0.2, -0.15) is 0 Å². The second-order valence-electron chi connectivity index (χ2n) is 5.44. The molecule has 2 N–H and O–H groups in total. The van der Waals surface area contributed by atoms with Crippen molar-refractivity contribution in [1.82, 2.24) is 0 Å². The van der Waals surface area contributed by atoms with Crippen molar-refractivity contribution in [3.63, 3.8) is 0 Å². The normalized spacial score (nSPS) is 16.9. The van der Waals surface area contributed by atoms with E-state index in [4.69, 9.17) is 10.5 Å². The van der Waals surface area contributed by atoms with E-state index in [0.717, 1.165) is 19.6 Å². The highest BCUT2D eigenvalue weighted by atomic mass is 16.5. The van der Waals surface area contributed by atoms with E-state index in [-0.39, 0.29) is 5.41 Å². The largest absolute Gasteiger partial charge is 0.380 e. The minimum Gasteiger partial charge on any atom is -0.380 e. The van der Waals surface area contributed by atoms with E-state index in [9.17, 15) is 0 Å². The monoisotopic (exact) mass is 253 g/mol. The lowest BCUT2D eigenvalue weighted by Crippen LogP contribution is -2.49. The first-order valence-corrected chi connectivity index (χ1v) is 6.74. The van der Waals surface area contributed by atoms with Crippen LogP contribution in [0.3, 0.4) is 0 Å². The summed E-state index contributed by atoms with van der Waals surface area (Å²) in [7, 11) is 0. The van der Waals surface area contributed by atoms with Crippen molar-refractivity contribution in [3.05, 3.63) is 60.2 Å². The first kappa shape index (κ1) is 12.4. The minimum atomic E-state index is 0.175.